The second kappa shape index (κ2) is 15.0. The zero-order valence-corrected chi connectivity index (χ0v) is 20.9. The molecule has 0 aliphatic heterocycles. The van der Waals surface area contributed by atoms with Crippen LogP contribution in [0.1, 0.15) is 45.6 Å². The van der Waals surface area contributed by atoms with Crippen molar-refractivity contribution in [1.82, 2.24) is 16.0 Å². The van der Waals surface area contributed by atoms with E-state index in [1.54, 1.807) is 26.0 Å². The number of hydrogen-bond donors (Lipinski definition) is 8. The van der Waals surface area contributed by atoms with Crippen molar-refractivity contribution in [3.8, 4) is 5.75 Å². The average molecular weight is 510 g/mol. The van der Waals surface area contributed by atoms with Crippen molar-refractivity contribution in [2.24, 2.45) is 17.4 Å². The number of aliphatic hydroxyl groups is 1. The van der Waals surface area contributed by atoms with Gasteiger partial charge < -0.3 is 42.7 Å². The molecule has 0 saturated heterocycles. The van der Waals surface area contributed by atoms with E-state index in [9.17, 15) is 34.5 Å². The van der Waals surface area contributed by atoms with Gasteiger partial charge in [-0.2, -0.15) is 0 Å². The van der Waals surface area contributed by atoms with Gasteiger partial charge in [-0.1, -0.05) is 32.4 Å². The standard InChI is InChI=1S/C24H39N5O7/c1-13(2)19(28-21(32)17(26)6-4-5-11-25)23(34)27-18(12-15-7-9-16(31)10-8-15)22(33)29-20(14(3)30)24(35)36/h7-10,13-14,17-20,30-31H,4-6,11-12,25-26H2,1-3H3,(H,27,34)(H,28,32)(H,29,33)(H,35,36). The van der Waals surface area contributed by atoms with Gasteiger partial charge in [0.05, 0.1) is 12.1 Å². The summed E-state index contributed by atoms with van der Waals surface area (Å²) in [5.74, 6) is -3.79. The third kappa shape index (κ3) is 10.2. The van der Waals surface area contributed by atoms with Crippen LogP contribution in [0.15, 0.2) is 24.3 Å². The molecule has 202 valence electrons. The number of nitrogens with two attached hydrogens (primary N) is 2. The van der Waals surface area contributed by atoms with Crippen molar-refractivity contribution in [2.75, 3.05) is 6.54 Å². The molecule has 1 aromatic carbocycles. The molecule has 10 N–H and O–H groups in total. The Hall–Kier alpha value is -3.22. The van der Waals surface area contributed by atoms with Gasteiger partial charge in [0.15, 0.2) is 6.04 Å². The van der Waals surface area contributed by atoms with Crippen molar-refractivity contribution < 1.29 is 34.5 Å². The molecule has 0 heterocycles. The molecule has 12 nitrogen and oxygen atoms in total. The molecular weight excluding hydrogens is 470 g/mol. The van der Waals surface area contributed by atoms with Gasteiger partial charge in [0, 0.05) is 6.42 Å². The number of hydrogen-bond acceptors (Lipinski definition) is 8. The van der Waals surface area contributed by atoms with E-state index in [1.165, 1.54) is 19.1 Å². The molecule has 0 aromatic heterocycles. The van der Waals surface area contributed by atoms with Crippen LogP contribution in [0.5, 0.6) is 5.75 Å². The molecule has 12 heteroatoms. The molecule has 5 atom stereocenters. The van der Waals surface area contributed by atoms with Crippen LogP contribution in [0.25, 0.3) is 0 Å². The van der Waals surface area contributed by atoms with Crippen molar-refractivity contribution >= 4 is 23.7 Å². The van der Waals surface area contributed by atoms with Gasteiger partial charge in [0.25, 0.3) is 0 Å². The van der Waals surface area contributed by atoms with Crippen LogP contribution in [-0.4, -0.2) is 75.8 Å². The zero-order chi connectivity index (χ0) is 27.4. The molecule has 0 bridgehead atoms. The van der Waals surface area contributed by atoms with Crippen molar-refractivity contribution in [3.05, 3.63) is 29.8 Å². The highest BCUT2D eigenvalue weighted by Gasteiger charge is 2.33. The number of carboxylic acids is 1. The summed E-state index contributed by atoms with van der Waals surface area (Å²) in [5, 5.41) is 36.0. The zero-order valence-electron chi connectivity index (χ0n) is 20.9. The van der Waals surface area contributed by atoms with E-state index in [4.69, 9.17) is 11.5 Å². The fourth-order valence-electron chi connectivity index (χ4n) is 3.42. The Morgan fingerprint density at radius 3 is 1.97 bits per heavy atom. The lowest BCUT2D eigenvalue weighted by molar-refractivity contribution is -0.145. The molecule has 1 aromatic rings. The van der Waals surface area contributed by atoms with Gasteiger partial charge >= 0.3 is 5.97 Å². The first-order valence-corrected chi connectivity index (χ1v) is 11.9. The number of unbranched alkanes of at least 4 members (excludes halogenated alkanes) is 1. The fraction of sp³-hybridized carbons (Fsp3) is 0.583. The van der Waals surface area contributed by atoms with Crippen molar-refractivity contribution in [2.45, 2.75) is 76.7 Å². The first-order chi connectivity index (χ1) is 16.9. The Balaban J connectivity index is 3.07. The summed E-state index contributed by atoms with van der Waals surface area (Å²) in [6, 6.07) is 1.24. The smallest absolute Gasteiger partial charge is 0.328 e. The maximum Gasteiger partial charge on any atom is 0.328 e. The van der Waals surface area contributed by atoms with Crippen LogP contribution in [0, 0.1) is 5.92 Å². The number of carbonyl (C=O) groups excluding carboxylic acids is 3. The summed E-state index contributed by atoms with van der Waals surface area (Å²) >= 11 is 0. The number of aliphatic hydroxyl groups excluding tert-OH is 1. The minimum atomic E-state index is -1.59. The molecule has 36 heavy (non-hydrogen) atoms. The quantitative estimate of drug-likeness (QED) is 0.135. The van der Waals surface area contributed by atoms with E-state index < -0.39 is 54.0 Å². The fourth-order valence-corrected chi connectivity index (χ4v) is 3.42. The van der Waals surface area contributed by atoms with Gasteiger partial charge in [0.1, 0.15) is 17.8 Å². The molecule has 0 radical (unpaired) electrons. The number of aliphatic carboxylic acids is 1. The Morgan fingerprint density at radius 2 is 1.47 bits per heavy atom. The summed E-state index contributed by atoms with van der Waals surface area (Å²) in [7, 11) is 0. The summed E-state index contributed by atoms with van der Waals surface area (Å²) < 4.78 is 0. The molecule has 0 spiro atoms. The van der Waals surface area contributed by atoms with E-state index in [-0.39, 0.29) is 18.1 Å². The molecular formula is C24H39N5O7. The van der Waals surface area contributed by atoms with Crippen LogP contribution >= 0.6 is 0 Å². The number of phenols is 1. The summed E-state index contributed by atoms with van der Waals surface area (Å²) in [6.07, 6.45) is 0.345. The van der Waals surface area contributed by atoms with Crippen LogP contribution in [0.4, 0.5) is 0 Å². The highest BCUT2D eigenvalue weighted by atomic mass is 16.4. The van der Waals surface area contributed by atoms with E-state index in [0.29, 0.717) is 31.4 Å². The SMILES string of the molecule is CC(C)C(NC(=O)C(N)CCCCN)C(=O)NC(Cc1ccc(O)cc1)C(=O)NC(C(=O)O)C(C)O. The molecule has 1 rings (SSSR count). The van der Waals surface area contributed by atoms with Crippen molar-refractivity contribution in [1.29, 1.82) is 0 Å². The largest absolute Gasteiger partial charge is 0.508 e. The predicted octanol–water partition coefficient (Wildman–Crippen LogP) is -1.03. The molecule has 0 aliphatic carbocycles. The number of rotatable bonds is 15. The Labute approximate surface area is 210 Å². The molecule has 5 unspecified atom stereocenters. The number of aromatic hydroxyl groups is 1. The Morgan fingerprint density at radius 1 is 0.889 bits per heavy atom. The lowest BCUT2D eigenvalue weighted by atomic mass is 9.99. The van der Waals surface area contributed by atoms with Gasteiger partial charge in [-0.15, -0.1) is 0 Å². The van der Waals surface area contributed by atoms with E-state index in [2.05, 4.69) is 16.0 Å². The van der Waals surface area contributed by atoms with Gasteiger partial charge in [0.2, 0.25) is 17.7 Å². The topological polar surface area (TPSA) is 217 Å². The maximum atomic E-state index is 13.1. The predicted molar refractivity (Wildman–Crippen MR) is 133 cm³/mol. The van der Waals surface area contributed by atoms with Crippen molar-refractivity contribution in [3.63, 3.8) is 0 Å². The van der Waals surface area contributed by atoms with E-state index >= 15 is 0 Å². The van der Waals surface area contributed by atoms with Crippen LogP contribution < -0.4 is 27.4 Å². The second-order valence-electron chi connectivity index (χ2n) is 9.12. The van der Waals surface area contributed by atoms with Crippen LogP contribution in [0.2, 0.25) is 0 Å². The third-order valence-corrected chi connectivity index (χ3v) is 5.61. The van der Waals surface area contributed by atoms with E-state index in [1.807, 2.05) is 0 Å². The number of phenolic OH excluding ortho intramolecular Hbond substituents is 1. The Bertz CT molecular complexity index is 876. The second-order valence-corrected chi connectivity index (χ2v) is 9.12. The van der Waals surface area contributed by atoms with Gasteiger partial charge in [-0.05, 0) is 49.9 Å². The minimum Gasteiger partial charge on any atom is -0.508 e. The number of nitrogens with one attached hydrogen (secondary N) is 3. The number of carboxylic acid groups (broad SMARTS) is 1. The number of carbonyl (C=O) groups is 4. The van der Waals surface area contributed by atoms with Crippen LogP contribution in [-0.2, 0) is 25.6 Å². The molecule has 3 amide bonds. The summed E-state index contributed by atoms with van der Waals surface area (Å²) in [5.41, 5.74) is 12.0. The van der Waals surface area contributed by atoms with Gasteiger partial charge in [-0.3, -0.25) is 14.4 Å². The monoisotopic (exact) mass is 509 g/mol. The lowest BCUT2D eigenvalue weighted by Crippen LogP contribution is -2.59. The highest BCUT2D eigenvalue weighted by molar-refractivity contribution is 5.94. The first kappa shape index (κ1) is 30.8. The number of benzene rings is 1. The first-order valence-electron chi connectivity index (χ1n) is 11.9. The Kier molecular flexibility index (Phi) is 12.9. The van der Waals surface area contributed by atoms with Gasteiger partial charge in [-0.25, -0.2) is 4.79 Å². The summed E-state index contributed by atoms with van der Waals surface area (Å²) in [6.45, 7) is 5.13. The average Bonchev–Trinajstić information content (AvgIpc) is 2.80. The molecule has 0 aliphatic rings. The highest BCUT2D eigenvalue weighted by Crippen LogP contribution is 2.13. The third-order valence-electron chi connectivity index (χ3n) is 5.61. The van der Waals surface area contributed by atoms with Crippen LogP contribution in [0.3, 0.4) is 0 Å². The van der Waals surface area contributed by atoms with E-state index in [0.717, 1.165) is 0 Å². The molecule has 0 saturated carbocycles. The lowest BCUT2D eigenvalue weighted by Gasteiger charge is -2.27. The normalized spacial score (nSPS) is 15.3. The minimum absolute atomic E-state index is 0.00854. The summed E-state index contributed by atoms with van der Waals surface area (Å²) in [4.78, 5) is 50.1. The number of amides is 3. The maximum absolute atomic E-state index is 13.1. The molecule has 0 fully saturated rings.